The molecule has 0 bridgehead atoms. The van der Waals surface area contributed by atoms with Crippen LogP contribution in [0, 0.1) is 11.8 Å². The van der Waals surface area contributed by atoms with E-state index >= 15 is 0 Å². The minimum Gasteiger partial charge on any atom is -0.461 e. The zero-order valence-electron chi connectivity index (χ0n) is 13.9. The molecule has 1 saturated heterocycles. The number of benzene rings is 1. The Labute approximate surface area is 162 Å². The van der Waals surface area contributed by atoms with E-state index in [4.69, 9.17) is 32.7 Å². The molecule has 5 aliphatic rings. The standard InChI is InChI=1S/C22H16Cl2O2/c23-13-1-3-15-17-5-11-8-20-18(16-4-2-14(24)10-22(16)26-20)6-12(11)7-19(17)25-21(15)9-13/h1-5,7-10,15,17-19,21H,6H2. The summed E-state index contributed by atoms with van der Waals surface area (Å²) in [6.45, 7) is 0. The Morgan fingerprint density at radius 1 is 1.00 bits per heavy atom. The monoisotopic (exact) mass is 382 g/mol. The molecule has 2 heterocycles. The first-order chi connectivity index (χ1) is 12.7. The summed E-state index contributed by atoms with van der Waals surface area (Å²) in [5, 5.41) is 1.48. The quantitative estimate of drug-likeness (QED) is 0.575. The van der Waals surface area contributed by atoms with Crippen LogP contribution < -0.4 is 4.74 Å². The van der Waals surface area contributed by atoms with E-state index in [-0.39, 0.29) is 18.1 Å². The molecule has 26 heavy (non-hydrogen) atoms. The number of halogens is 2. The molecule has 130 valence electrons. The molecule has 0 saturated carbocycles. The van der Waals surface area contributed by atoms with Crippen LogP contribution in [0.15, 0.2) is 76.6 Å². The van der Waals surface area contributed by atoms with Crippen LogP contribution in [0.1, 0.15) is 17.9 Å². The molecule has 5 unspecified atom stereocenters. The molecule has 6 rings (SSSR count). The van der Waals surface area contributed by atoms with Crippen LogP contribution >= 0.6 is 23.2 Å². The minimum absolute atomic E-state index is 0.0719. The van der Waals surface area contributed by atoms with E-state index in [1.807, 2.05) is 24.3 Å². The van der Waals surface area contributed by atoms with Crippen LogP contribution in [0.4, 0.5) is 0 Å². The number of fused-ring (bicyclic) bond motifs is 7. The second-order valence-electron chi connectivity index (χ2n) is 7.53. The van der Waals surface area contributed by atoms with Crippen molar-refractivity contribution in [2.45, 2.75) is 24.5 Å². The van der Waals surface area contributed by atoms with E-state index < -0.39 is 0 Å². The summed E-state index contributed by atoms with van der Waals surface area (Å²) < 4.78 is 12.4. The summed E-state index contributed by atoms with van der Waals surface area (Å²) in [5.74, 6) is 2.90. The average Bonchev–Trinajstić information content (AvgIpc) is 3.13. The van der Waals surface area contributed by atoms with Gasteiger partial charge in [0, 0.05) is 33.4 Å². The van der Waals surface area contributed by atoms with Crippen LogP contribution in [0.5, 0.6) is 5.75 Å². The molecule has 0 aromatic heterocycles. The van der Waals surface area contributed by atoms with Gasteiger partial charge in [0.15, 0.2) is 0 Å². The van der Waals surface area contributed by atoms with E-state index in [9.17, 15) is 0 Å². The van der Waals surface area contributed by atoms with Gasteiger partial charge in [0.2, 0.25) is 0 Å². The Hall–Kier alpha value is -1.74. The maximum atomic E-state index is 6.28. The summed E-state index contributed by atoms with van der Waals surface area (Å²) in [7, 11) is 0. The predicted molar refractivity (Wildman–Crippen MR) is 102 cm³/mol. The third-order valence-electron chi connectivity index (χ3n) is 6.07. The zero-order valence-corrected chi connectivity index (χ0v) is 15.4. The molecule has 4 heteroatoms. The fourth-order valence-electron chi connectivity index (χ4n) is 4.85. The van der Waals surface area contributed by atoms with Crippen LogP contribution in [0.2, 0.25) is 5.02 Å². The normalized spacial score (nSPS) is 35.7. The number of allylic oxidation sites excluding steroid dienone is 6. The van der Waals surface area contributed by atoms with Crippen molar-refractivity contribution in [3.05, 3.63) is 87.2 Å². The Kier molecular flexibility index (Phi) is 3.18. The lowest BCUT2D eigenvalue weighted by Crippen LogP contribution is -2.23. The van der Waals surface area contributed by atoms with Gasteiger partial charge in [0.1, 0.15) is 11.5 Å². The molecule has 5 atom stereocenters. The average molecular weight is 383 g/mol. The smallest absolute Gasteiger partial charge is 0.132 e. The van der Waals surface area contributed by atoms with Gasteiger partial charge in [0.25, 0.3) is 0 Å². The highest BCUT2D eigenvalue weighted by atomic mass is 35.5. The first-order valence-electron chi connectivity index (χ1n) is 8.98. The van der Waals surface area contributed by atoms with E-state index in [1.165, 1.54) is 16.7 Å². The molecule has 1 fully saturated rings. The molecule has 3 aliphatic carbocycles. The lowest BCUT2D eigenvalue weighted by Gasteiger charge is -2.29. The van der Waals surface area contributed by atoms with Gasteiger partial charge in [-0.25, -0.2) is 0 Å². The van der Waals surface area contributed by atoms with Gasteiger partial charge in [-0.15, -0.1) is 0 Å². The SMILES string of the molecule is ClC1=CC2OC3C=C4CC5C(=CC4=CC3C2C=C1)Oc1cc(Cl)ccc15. The topological polar surface area (TPSA) is 18.5 Å². The first-order valence-corrected chi connectivity index (χ1v) is 9.74. The first kappa shape index (κ1) is 15.3. The molecule has 1 aromatic carbocycles. The molecule has 2 nitrogen and oxygen atoms in total. The summed E-state index contributed by atoms with van der Waals surface area (Å²) in [6, 6.07) is 5.94. The highest BCUT2D eigenvalue weighted by Gasteiger charge is 2.44. The van der Waals surface area contributed by atoms with Gasteiger partial charge in [0.05, 0.1) is 12.2 Å². The Balaban J connectivity index is 1.38. The molecule has 0 spiro atoms. The van der Waals surface area contributed by atoms with Gasteiger partial charge in [-0.2, -0.15) is 0 Å². The van der Waals surface area contributed by atoms with E-state index in [0.717, 1.165) is 23.0 Å². The lowest BCUT2D eigenvalue weighted by atomic mass is 9.75. The van der Waals surface area contributed by atoms with Crippen molar-refractivity contribution in [3.8, 4) is 5.75 Å². The molecule has 0 N–H and O–H groups in total. The Bertz CT molecular complexity index is 982. The summed E-state index contributed by atoms with van der Waals surface area (Å²) in [6.07, 6.45) is 14.2. The summed E-state index contributed by atoms with van der Waals surface area (Å²) in [5.41, 5.74) is 3.85. The Morgan fingerprint density at radius 3 is 2.81 bits per heavy atom. The molecule has 0 amide bonds. The highest BCUT2D eigenvalue weighted by Crippen LogP contribution is 2.52. The van der Waals surface area contributed by atoms with Crippen LogP contribution in [0.3, 0.4) is 0 Å². The van der Waals surface area contributed by atoms with Crippen molar-refractivity contribution in [2.75, 3.05) is 0 Å². The van der Waals surface area contributed by atoms with Crippen molar-refractivity contribution in [1.29, 1.82) is 0 Å². The molecule has 1 aromatic rings. The van der Waals surface area contributed by atoms with Crippen molar-refractivity contribution in [2.24, 2.45) is 11.8 Å². The maximum Gasteiger partial charge on any atom is 0.132 e. The number of hydrogen-bond acceptors (Lipinski definition) is 2. The molecule has 0 radical (unpaired) electrons. The van der Waals surface area contributed by atoms with Crippen molar-refractivity contribution >= 4 is 23.2 Å². The highest BCUT2D eigenvalue weighted by molar-refractivity contribution is 6.31. The van der Waals surface area contributed by atoms with Gasteiger partial charge >= 0.3 is 0 Å². The lowest BCUT2D eigenvalue weighted by molar-refractivity contribution is 0.0875. The van der Waals surface area contributed by atoms with Crippen LogP contribution in [-0.2, 0) is 4.74 Å². The van der Waals surface area contributed by atoms with Gasteiger partial charge in [-0.05, 0) is 47.9 Å². The van der Waals surface area contributed by atoms with Gasteiger partial charge in [-0.3, -0.25) is 0 Å². The summed E-state index contributed by atoms with van der Waals surface area (Å²) in [4.78, 5) is 0. The number of hydrogen-bond donors (Lipinski definition) is 0. The molecular weight excluding hydrogens is 367 g/mol. The van der Waals surface area contributed by atoms with E-state index in [0.29, 0.717) is 16.9 Å². The fraction of sp³-hybridized carbons (Fsp3) is 0.273. The van der Waals surface area contributed by atoms with Crippen molar-refractivity contribution in [3.63, 3.8) is 0 Å². The second-order valence-corrected chi connectivity index (χ2v) is 8.41. The van der Waals surface area contributed by atoms with Crippen molar-refractivity contribution < 1.29 is 9.47 Å². The molecular formula is C22H16Cl2O2. The minimum atomic E-state index is 0.0719. The maximum absolute atomic E-state index is 6.28. The predicted octanol–water partition coefficient (Wildman–Crippen LogP) is 5.66. The van der Waals surface area contributed by atoms with E-state index in [1.54, 1.807) is 0 Å². The van der Waals surface area contributed by atoms with Gasteiger partial charge in [-0.1, -0.05) is 47.5 Å². The largest absolute Gasteiger partial charge is 0.461 e. The molecule has 2 aliphatic heterocycles. The summed E-state index contributed by atoms with van der Waals surface area (Å²) >= 11 is 12.3. The Morgan fingerprint density at radius 2 is 1.88 bits per heavy atom. The number of rotatable bonds is 0. The third-order valence-corrected chi connectivity index (χ3v) is 6.56. The zero-order chi connectivity index (χ0) is 17.4. The van der Waals surface area contributed by atoms with Gasteiger partial charge < -0.3 is 9.47 Å². The van der Waals surface area contributed by atoms with Crippen LogP contribution in [0.25, 0.3) is 0 Å². The van der Waals surface area contributed by atoms with Crippen LogP contribution in [-0.4, -0.2) is 12.2 Å². The number of ether oxygens (including phenoxy) is 2. The third kappa shape index (κ3) is 2.16. The van der Waals surface area contributed by atoms with E-state index in [2.05, 4.69) is 30.4 Å². The van der Waals surface area contributed by atoms with Crippen molar-refractivity contribution in [1.82, 2.24) is 0 Å². The fourth-order valence-corrected chi connectivity index (χ4v) is 5.21. The second kappa shape index (κ2) is 5.39.